The first kappa shape index (κ1) is 14.5. The van der Waals surface area contributed by atoms with Crippen LogP contribution in [0.4, 0.5) is 0 Å². The van der Waals surface area contributed by atoms with Crippen molar-refractivity contribution in [1.82, 2.24) is 15.3 Å². The molecule has 1 amide bonds. The highest BCUT2D eigenvalue weighted by Crippen LogP contribution is 2.21. The molecule has 0 radical (unpaired) electrons. The lowest BCUT2D eigenvalue weighted by Gasteiger charge is -2.05. The summed E-state index contributed by atoms with van der Waals surface area (Å²) in [5, 5.41) is 6.93. The number of carbonyl (C=O) groups is 1. The highest BCUT2D eigenvalue weighted by molar-refractivity contribution is 7.08. The first-order valence-corrected chi connectivity index (χ1v) is 8.19. The number of para-hydroxylation sites is 2. The van der Waals surface area contributed by atoms with Crippen LogP contribution in [0.2, 0.25) is 0 Å². The molecule has 0 aliphatic rings. The molecule has 0 bridgehead atoms. The number of hydrogen-bond acceptors (Lipinski definition) is 3. The number of rotatable bonds is 5. The molecule has 0 aliphatic heterocycles. The molecule has 112 valence electrons. The number of thiophene rings is 1. The van der Waals surface area contributed by atoms with Crippen molar-refractivity contribution >= 4 is 39.9 Å². The number of nitrogens with zero attached hydrogens (tertiary/aromatic N) is 1. The van der Waals surface area contributed by atoms with E-state index in [0.29, 0.717) is 17.9 Å². The van der Waals surface area contributed by atoms with Gasteiger partial charge in [0, 0.05) is 6.54 Å². The normalized spacial score (nSPS) is 11.8. The van der Waals surface area contributed by atoms with Crippen molar-refractivity contribution in [3.63, 3.8) is 0 Å². The highest BCUT2D eigenvalue weighted by Gasteiger charge is 2.15. The molecule has 22 heavy (non-hydrogen) atoms. The van der Waals surface area contributed by atoms with E-state index in [-0.39, 0.29) is 5.91 Å². The highest BCUT2D eigenvalue weighted by atomic mass is 32.1. The van der Waals surface area contributed by atoms with Gasteiger partial charge in [-0.15, -0.1) is 0 Å². The van der Waals surface area contributed by atoms with E-state index in [9.17, 15) is 4.79 Å². The average molecular weight is 311 g/mol. The fraction of sp³-hybridized carbons (Fsp3) is 0.176. The minimum absolute atomic E-state index is 0.105. The fourth-order valence-electron chi connectivity index (χ4n) is 2.18. The van der Waals surface area contributed by atoms with Crippen LogP contribution in [0.1, 0.15) is 24.7 Å². The number of nitrogens with one attached hydrogen (secondary N) is 2. The second-order valence-electron chi connectivity index (χ2n) is 4.97. The molecular formula is C17H17N3OS. The zero-order valence-corrected chi connectivity index (χ0v) is 13.1. The summed E-state index contributed by atoms with van der Waals surface area (Å²) in [7, 11) is 0. The smallest absolute Gasteiger partial charge is 0.255 e. The van der Waals surface area contributed by atoms with E-state index in [4.69, 9.17) is 0 Å². The van der Waals surface area contributed by atoms with Gasteiger partial charge in [-0.2, -0.15) is 11.3 Å². The zero-order chi connectivity index (χ0) is 15.4. The van der Waals surface area contributed by atoms with Gasteiger partial charge in [0.05, 0.1) is 16.6 Å². The minimum Gasteiger partial charge on any atom is -0.352 e. The van der Waals surface area contributed by atoms with Crippen LogP contribution in [0.15, 0.2) is 41.1 Å². The maximum absolute atomic E-state index is 12.5. The van der Waals surface area contributed by atoms with Crippen LogP contribution in [-0.4, -0.2) is 22.4 Å². The fourth-order valence-corrected chi connectivity index (χ4v) is 2.80. The first-order chi connectivity index (χ1) is 10.8. The third-order valence-electron chi connectivity index (χ3n) is 3.28. The molecule has 0 fully saturated rings. The summed E-state index contributed by atoms with van der Waals surface area (Å²) in [6.07, 6.45) is 2.77. The van der Waals surface area contributed by atoms with Gasteiger partial charge in [-0.05, 0) is 47.0 Å². The Morgan fingerprint density at radius 3 is 2.95 bits per heavy atom. The summed E-state index contributed by atoms with van der Waals surface area (Å²) < 4.78 is 0. The molecule has 0 aliphatic carbocycles. The first-order valence-electron chi connectivity index (χ1n) is 7.25. The Morgan fingerprint density at radius 2 is 2.23 bits per heavy atom. The van der Waals surface area contributed by atoms with Crippen molar-refractivity contribution in [2.75, 3.05) is 6.54 Å². The van der Waals surface area contributed by atoms with Crippen LogP contribution in [0, 0.1) is 0 Å². The van der Waals surface area contributed by atoms with E-state index in [2.05, 4.69) is 15.3 Å². The van der Waals surface area contributed by atoms with Gasteiger partial charge in [-0.1, -0.05) is 19.1 Å². The molecule has 5 heteroatoms. The van der Waals surface area contributed by atoms with Crippen LogP contribution in [0.25, 0.3) is 22.7 Å². The van der Waals surface area contributed by atoms with Crippen molar-refractivity contribution in [3.05, 3.63) is 52.5 Å². The third kappa shape index (κ3) is 3.09. The molecule has 2 N–H and O–H groups in total. The Labute approximate surface area is 132 Å². The Hall–Kier alpha value is -2.40. The Kier molecular flexibility index (Phi) is 4.34. The molecule has 2 heterocycles. The molecule has 0 atom stereocenters. The third-order valence-corrected chi connectivity index (χ3v) is 3.98. The van der Waals surface area contributed by atoms with Crippen LogP contribution in [0.5, 0.6) is 0 Å². The lowest BCUT2D eigenvalue weighted by molar-refractivity contribution is -0.115. The summed E-state index contributed by atoms with van der Waals surface area (Å²) in [6, 6.07) is 9.76. The summed E-state index contributed by atoms with van der Waals surface area (Å²) in [4.78, 5) is 20.2. The van der Waals surface area contributed by atoms with Crippen LogP contribution >= 0.6 is 11.3 Å². The molecule has 0 saturated heterocycles. The minimum atomic E-state index is -0.105. The summed E-state index contributed by atoms with van der Waals surface area (Å²) >= 11 is 1.60. The topological polar surface area (TPSA) is 57.8 Å². The number of aromatic amines is 1. The number of fused-ring (bicyclic) bond motifs is 1. The molecule has 0 unspecified atom stereocenters. The van der Waals surface area contributed by atoms with Gasteiger partial charge in [0.2, 0.25) is 0 Å². The lowest BCUT2D eigenvalue weighted by atomic mass is 10.1. The second kappa shape index (κ2) is 6.58. The molecule has 3 rings (SSSR count). The maximum Gasteiger partial charge on any atom is 0.255 e. The van der Waals surface area contributed by atoms with Gasteiger partial charge >= 0.3 is 0 Å². The van der Waals surface area contributed by atoms with E-state index >= 15 is 0 Å². The number of imidazole rings is 1. The van der Waals surface area contributed by atoms with Crippen molar-refractivity contribution in [2.24, 2.45) is 0 Å². The van der Waals surface area contributed by atoms with Crippen LogP contribution in [-0.2, 0) is 4.79 Å². The van der Waals surface area contributed by atoms with Gasteiger partial charge in [0.15, 0.2) is 0 Å². The van der Waals surface area contributed by atoms with Crippen LogP contribution < -0.4 is 5.32 Å². The van der Waals surface area contributed by atoms with E-state index in [0.717, 1.165) is 23.0 Å². The lowest BCUT2D eigenvalue weighted by Crippen LogP contribution is -2.25. The number of benzene rings is 1. The monoisotopic (exact) mass is 311 g/mol. The predicted octanol–water partition coefficient (Wildman–Crippen LogP) is 3.69. The Morgan fingerprint density at radius 1 is 1.36 bits per heavy atom. The van der Waals surface area contributed by atoms with Gasteiger partial charge < -0.3 is 10.3 Å². The zero-order valence-electron chi connectivity index (χ0n) is 12.3. The maximum atomic E-state index is 12.5. The molecule has 2 aromatic heterocycles. The molecule has 0 spiro atoms. The van der Waals surface area contributed by atoms with Gasteiger partial charge in [0.25, 0.3) is 5.91 Å². The number of H-pyrrole nitrogens is 1. The molecule has 3 aromatic rings. The quantitative estimate of drug-likeness (QED) is 0.706. The van der Waals surface area contributed by atoms with E-state index in [1.54, 1.807) is 11.3 Å². The van der Waals surface area contributed by atoms with Crippen molar-refractivity contribution in [3.8, 4) is 0 Å². The summed E-state index contributed by atoms with van der Waals surface area (Å²) in [5.74, 6) is 0.494. The van der Waals surface area contributed by atoms with Crippen molar-refractivity contribution in [1.29, 1.82) is 0 Å². The largest absolute Gasteiger partial charge is 0.352 e. The summed E-state index contributed by atoms with van der Waals surface area (Å²) in [6.45, 7) is 2.68. The number of aromatic nitrogens is 2. The van der Waals surface area contributed by atoms with E-state index in [1.807, 2.05) is 54.1 Å². The number of carbonyl (C=O) groups excluding carboxylic acids is 1. The van der Waals surface area contributed by atoms with Gasteiger partial charge in [-0.25, -0.2) is 4.98 Å². The number of amides is 1. The van der Waals surface area contributed by atoms with Crippen LogP contribution in [0.3, 0.4) is 0 Å². The molecule has 4 nitrogen and oxygen atoms in total. The molecule has 0 saturated carbocycles. The van der Waals surface area contributed by atoms with Crippen molar-refractivity contribution < 1.29 is 4.79 Å². The van der Waals surface area contributed by atoms with Crippen molar-refractivity contribution in [2.45, 2.75) is 13.3 Å². The summed E-state index contributed by atoms with van der Waals surface area (Å²) in [5.41, 5.74) is 3.35. The van der Waals surface area contributed by atoms with E-state index < -0.39 is 0 Å². The second-order valence-corrected chi connectivity index (χ2v) is 5.75. The Bertz CT molecular complexity index is 769. The SMILES string of the molecule is CCCNC(=O)C(=Cc1ccsc1)c1nc2ccccc2[nH]1. The molecular weight excluding hydrogens is 294 g/mol. The standard InChI is InChI=1S/C17H17N3OS/c1-2-8-18-17(21)13(10-12-7-9-22-11-12)16-19-14-5-3-4-6-15(14)20-16/h3-7,9-11H,2,8H2,1H3,(H,18,21)(H,19,20). The van der Waals surface area contributed by atoms with E-state index in [1.165, 1.54) is 0 Å². The molecule has 1 aromatic carbocycles. The predicted molar refractivity (Wildman–Crippen MR) is 91.6 cm³/mol. The van der Waals surface area contributed by atoms with Gasteiger partial charge in [0.1, 0.15) is 5.82 Å². The number of hydrogen-bond donors (Lipinski definition) is 2. The average Bonchev–Trinajstić information content (AvgIpc) is 3.18. The Balaban J connectivity index is 2.02. The van der Waals surface area contributed by atoms with Gasteiger partial charge in [-0.3, -0.25) is 4.79 Å².